The highest BCUT2D eigenvalue weighted by Crippen LogP contribution is 2.25. The van der Waals surface area contributed by atoms with Crippen LogP contribution in [0.1, 0.15) is 44.2 Å². The Morgan fingerprint density at radius 2 is 2.21 bits per heavy atom. The number of rotatable bonds is 4. The number of aromatic nitrogens is 1. The molecule has 1 heterocycles. The molecule has 0 aromatic carbocycles. The van der Waals surface area contributed by atoms with Crippen LogP contribution < -0.4 is 5.32 Å². The fourth-order valence-electron chi connectivity index (χ4n) is 2.77. The first-order chi connectivity index (χ1) is 8.97. The highest BCUT2D eigenvalue weighted by molar-refractivity contribution is 7.91. The smallest absolute Gasteiger partial charge is 0.150 e. The van der Waals surface area contributed by atoms with Gasteiger partial charge in [0.15, 0.2) is 0 Å². The molecule has 5 heteroatoms. The molecule has 1 aromatic heterocycles. The summed E-state index contributed by atoms with van der Waals surface area (Å²) in [5, 5.41) is 3.35. The number of nitrogens with zero attached hydrogens (tertiary/aromatic N) is 1. The lowest BCUT2D eigenvalue weighted by Crippen LogP contribution is -2.39. The maximum Gasteiger partial charge on any atom is 0.150 e. The summed E-state index contributed by atoms with van der Waals surface area (Å²) in [6, 6.07) is 4.45. The molecule has 106 valence electrons. The Hall–Kier alpha value is -0.940. The summed E-state index contributed by atoms with van der Waals surface area (Å²) in [7, 11) is -2.91. The molecule has 3 atom stereocenters. The van der Waals surface area contributed by atoms with E-state index in [4.69, 9.17) is 0 Å². The predicted octanol–water partition coefficient (Wildman–Crippen LogP) is 2.09. The quantitative estimate of drug-likeness (QED) is 0.918. The first-order valence-electron chi connectivity index (χ1n) is 6.81. The molecule has 1 N–H and O–H groups in total. The maximum atomic E-state index is 11.6. The van der Waals surface area contributed by atoms with Crippen LogP contribution in [0.2, 0.25) is 0 Å². The molecule has 1 aliphatic carbocycles. The molecule has 4 nitrogen and oxygen atoms in total. The lowest BCUT2D eigenvalue weighted by molar-refractivity contribution is 0.346. The van der Waals surface area contributed by atoms with E-state index >= 15 is 0 Å². The Labute approximate surface area is 115 Å². The molecule has 2 unspecified atom stereocenters. The molecular weight excluding hydrogens is 260 g/mol. The van der Waals surface area contributed by atoms with Crippen LogP contribution in [-0.2, 0) is 9.84 Å². The zero-order chi connectivity index (χ0) is 13.9. The van der Waals surface area contributed by atoms with Gasteiger partial charge >= 0.3 is 0 Å². The van der Waals surface area contributed by atoms with E-state index in [0.717, 1.165) is 31.2 Å². The van der Waals surface area contributed by atoms with Gasteiger partial charge in [0.05, 0.1) is 5.25 Å². The normalized spacial score (nSPS) is 26.0. The average molecular weight is 282 g/mol. The molecule has 0 radical (unpaired) electrons. The van der Waals surface area contributed by atoms with E-state index in [-0.39, 0.29) is 17.3 Å². The summed E-state index contributed by atoms with van der Waals surface area (Å²) in [4.78, 5) is 4.12. The molecule has 1 aromatic rings. The molecule has 19 heavy (non-hydrogen) atoms. The minimum atomic E-state index is -2.91. The average Bonchev–Trinajstić information content (AvgIpc) is 2.39. The minimum Gasteiger partial charge on any atom is -0.307 e. The van der Waals surface area contributed by atoms with E-state index in [9.17, 15) is 8.42 Å². The molecule has 0 spiro atoms. The van der Waals surface area contributed by atoms with Crippen LogP contribution in [-0.4, -0.2) is 30.9 Å². The Kier molecular flexibility index (Phi) is 4.58. The number of nitrogens with one attached hydrogen (secondary N) is 1. The topological polar surface area (TPSA) is 59.1 Å². The summed E-state index contributed by atoms with van der Waals surface area (Å²) in [5.74, 6) is 0. The second-order valence-corrected chi connectivity index (χ2v) is 7.82. The van der Waals surface area contributed by atoms with Crippen molar-refractivity contribution in [3.05, 3.63) is 30.1 Å². The number of pyridine rings is 1. The van der Waals surface area contributed by atoms with E-state index in [2.05, 4.69) is 17.2 Å². The fourth-order valence-corrected chi connectivity index (χ4v) is 3.94. The van der Waals surface area contributed by atoms with Crippen LogP contribution in [0.3, 0.4) is 0 Å². The predicted molar refractivity (Wildman–Crippen MR) is 76.7 cm³/mol. The summed E-state index contributed by atoms with van der Waals surface area (Å²) >= 11 is 0. The van der Waals surface area contributed by atoms with Crippen LogP contribution in [0, 0.1) is 0 Å². The molecule has 1 aliphatic rings. The second kappa shape index (κ2) is 6.01. The van der Waals surface area contributed by atoms with Gasteiger partial charge in [-0.25, -0.2) is 8.42 Å². The molecule has 2 rings (SSSR count). The van der Waals surface area contributed by atoms with E-state index in [1.807, 2.05) is 18.3 Å². The van der Waals surface area contributed by atoms with Gasteiger partial charge in [-0.15, -0.1) is 0 Å². The number of sulfone groups is 1. The van der Waals surface area contributed by atoms with E-state index in [1.54, 1.807) is 6.20 Å². The van der Waals surface area contributed by atoms with Crippen LogP contribution >= 0.6 is 0 Å². The molecule has 0 amide bonds. The van der Waals surface area contributed by atoms with Gasteiger partial charge in [0.1, 0.15) is 9.84 Å². The molecule has 1 saturated carbocycles. The molecule has 1 fully saturated rings. The van der Waals surface area contributed by atoms with Crippen molar-refractivity contribution in [2.45, 2.75) is 49.9 Å². The Bertz CT molecular complexity index is 501. The zero-order valence-corrected chi connectivity index (χ0v) is 12.4. The summed E-state index contributed by atoms with van der Waals surface area (Å²) in [6.45, 7) is 2.10. The van der Waals surface area contributed by atoms with Crippen molar-refractivity contribution in [1.82, 2.24) is 10.3 Å². The van der Waals surface area contributed by atoms with Gasteiger partial charge in [-0.1, -0.05) is 12.5 Å². The molecule has 0 aliphatic heterocycles. The highest BCUT2D eigenvalue weighted by Gasteiger charge is 2.29. The summed E-state index contributed by atoms with van der Waals surface area (Å²) < 4.78 is 23.3. The van der Waals surface area contributed by atoms with Crippen LogP contribution in [0.4, 0.5) is 0 Å². The largest absolute Gasteiger partial charge is 0.307 e. The van der Waals surface area contributed by atoms with Gasteiger partial charge in [0, 0.05) is 30.7 Å². The standard InChI is InChI=1S/C14H22N2O2S/c1-11(12-5-4-8-15-10-12)16-13-6-3-7-14(9-13)19(2,17)18/h4-5,8,10-11,13-14,16H,3,6-7,9H2,1-2H3/t11-,13?,14?/m1/s1. The zero-order valence-electron chi connectivity index (χ0n) is 11.5. The van der Waals surface area contributed by atoms with Crippen LogP contribution in [0.25, 0.3) is 0 Å². The molecular formula is C14H22N2O2S. The van der Waals surface area contributed by atoms with Gasteiger partial charge < -0.3 is 5.32 Å². The first-order valence-corrected chi connectivity index (χ1v) is 8.77. The summed E-state index contributed by atoms with van der Waals surface area (Å²) in [5.41, 5.74) is 1.14. The van der Waals surface area contributed by atoms with Crippen molar-refractivity contribution in [2.24, 2.45) is 0 Å². The highest BCUT2D eigenvalue weighted by atomic mass is 32.2. The third-order valence-corrected chi connectivity index (χ3v) is 5.54. The van der Waals surface area contributed by atoms with E-state index in [0.29, 0.717) is 0 Å². The van der Waals surface area contributed by atoms with Crippen LogP contribution in [0.15, 0.2) is 24.5 Å². The van der Waals surface area contributed by atoms with Gasteiger partial charge in [0.25, 0.3) is 0 Å². The van der Waals surface area contributed by atoms with Crippen molar-refractivity contribution < 1.29 is 8.42 Å². The third-order valence-electron chi connectivity index (χ3n) is 3.90. The Morgan fingerprint density at radius 1 is 1.42 bits per heavy atom. The lowest BCUT2D eigenvalue weighted by Gasteiger charge is -2.31. The molecule has 0 saturated heterocycles. The maximum absolute atomic E-state index is 11.6. The number of hydrogen-bond donors (Lipinski definition) is 1. The van der Waals surface area contributed by atoms with Crippen molar-refractivity contribution in [2.75, 3.05) is 6.26 Å². The van der Waals surface area contributed by atoms with Gasteiger partial charge in [-0.2, -0.15) is 0 Å². The Balaban J connectivity index is 1.96. The van der Waals surface area contributed by atoms with Crippen molar-refractivity contribution in [3.8, 4) is 0 Å². The van der Waals surface area contributed by atoms with Crippen molar-refractivity contribution in [1.29, 1.82) is 0 Å². The monoisotopic (exact) mass is 282 g/mol. The second-order valence-electron chi connectivity index (χ2n) is 5.49. The van der Waals surface area contributed by atoms with Crippen molar-refractivity contribution >= 4 is 9.84 Å². The van der Waals surface area contributed by atoms with Crippen LogP contribution in [0.5, 0.6) is 0 Å². The fraction of sp³-hybridized carbons (Fsp3) is 0.643. The minimum absolute atomic E-state index is 0.181. The van der Waals surface area contributed by atoms with E-state index < -0.39 is 9.84 Å². The summed E-state index contributed by atoms with van der Waals surface area (Å²) in [6.07, 6.45) is 8.53. The first kappa shape index (κ1) is 14.5. The third kappa shape index (κ3) is 4.01. The van der Waals surface area contributed by atoms with Gasteiger partial charge in [-0.05, 0) is 37.8 Å². The Morgan fingerprint density at radius 3 is 2.84 bits per heavy atom. The molecule has 0 bridgehead atoms. The SMILES string of the molecule is C[C@@H](NC1CCCC(S(C)(=O)=O)C1)c1cccnc1. The number of hydrogen-bond acceptors (Lipinski definition) is 4. The van der Waals surface area contributed by atoms with E-state index in [1.165, 1.54) is 6.26 Å². The van der Waals surface area contributed by atoms with Gasteiger partial charge in [-0.3, -0.25) is 4.98 Å². The van der Waals surface area contributed by atoms with Crippen molar-refractivity contribution in [3.63, 3.8) is 0 Å². The lowest BCUT2D eigenvalue weighted by atomic mass is 9.94. The van der Waals surface area contributed by atoms with Gasteiger partial charge in [0.2, 0.25) is 0 Å².